The lowest BCUT2D eigenvalue weighted by Crippen LogP contribution is -2.19. The van der Waals surface area contributed by atoms with Crippen molar-refractivity contribution in [2.75, 3.05) is 0 Å². The fraction of sp³-hybridized carbons (Fsp3) is 0.100. The van der Waals surface area contributed by atoms with Crippen molar-refractivity contribution in [1.29, 1.82) is 0 Å². The van der Waals surface area contributed by atoms with Gasteiger partial charge in [0.1, 0.15) is 0 Å². The van der Waals surface area contributed by atoms with Crippen LogP contribution in [0.1, 0.15) is 11.1 Å². The van der Waals surface area contributed by atoms with Crippen LogP contribution in [0.4, 0.5) is 18.9 Å². The van der Waals surface area contributed by atoms with E-state index in [-0.39, 0.29) is 15.9 Å². The molecule has 1 aliphatic heterocycles. The summed E-state index contributed by atoms with van der Waals surface area (Å²) in [5.74, 6) is -0.413. The largest absolute Gasteiger partial charge is 0.418 e. The highest BCUT2D eigenvalue weighted by Gasteiger charge is 2.34. The standard InChI is InChI=1S/C20H13ClF3N3OS/c1-27-10-11(13-4-2-3-5-16(13)27)8-17-18(28)26-19(29-17)25-15-7-6-12(21)9-14(15)20(22,23)24/h2-10H,1H3,(H,25,26,28)/b17-8-. The van der Waals surface area contributed by atoms with E-state index in [4.69, 9.17) is 11.6 Å². The minimum Gasteiger partial charge on any atom is -0.350 e. The van der Waals surface area contributed by atoms with Crippen molar-refractivity contribution >= 4 is 57.1 Å². The number of carbonyl (C=O) groups is 1. The van der Waals surface area contributed by atoms with E-state index in [9.17, 15) is 18.0 Å². The zero-order valence-electron chi connectivity index (χ0n) is 14.9. The quantitative estimate of drug-likeness (QED) is 0.521. The molecule has 0 saturated carbocycles. The number of carbonyl (C=O) groups excluding carboxylic acids is 1. The summed E-state index contributed by atoms with van der Waals surface area (Å²) in [6, 6.07) is 11.0. The third kappa shape index (κ3) is 3.90. The van der Waals surface area contributed by atoms with E-state index >= 15 is 0 Å². The molecule has 0 unspecified atom stereocenters. The first-order valence-corrected chi connectivity index (χ1v) is 9.62. The van der Waals surface area contributed by atoms with E-state index in [2.05, 4.69) is 10.3 Å². The van der Waals surface area contributed by atoms with Crippen LogP contribution >= 0.6 is 23.4 Å². The summed E-state index contributed by atoms with van der Waals surface area (Å²) in [6.07, 6.45) is -1.02. The summed E-state index contributed by atoms with van der Waals surface area (Å²) in [5.41, 5.74) is 0.576. The van der Waals surface area contributed by atoms with Crippen molar-refractivity contribution in [2.45, 2.75) is 6.18 Å². The number of alkyl halides is 3. The van der Waals surface area contributed by atoms with Gasteiger partial charge in [0.25, 0.3) is 5.91 Å². The molecule has 1 aromatic heterocycles. The fourth-order valence-electron chi connectivity index (χ4n) is 3.05. The zero-order chi connectivity index (χ0) is 20.8. The van der Waals surface area contributed by atoms with Gasteiger partial charge >= 0.3 is 6.18 Å². The average Bonchev–Trinajstić information content (AvgIpc) is 3.16. The highest BCUT2D eigenvalue weighted by atomic mass is 35.5. The first kappa shape index (κ1) is 19.6. The van der Waals surface area contributed by atoms with Crippen LogP contribution in [0.3, 0.4) is 0 Å². The number of fused-ring (bicyclic) bond motifs is 1. The lowest BCUT2D eigenvalue weighted by Gasteiger charge is -2.10. The lowest BCUT2D eigenvalue weighted by atomic mass is 10.1. The number of amidine groups is 1. The van der Waals surface area contributed by atoms with Crippen molar-refractivity contribution < 1.29 is 18.0 Å². The van der Waals surface area contributed by atoms with Crippen LogP contribution in [0.15, 0.2) is 58.6 Å². The number of halogens is 4. The van der Waals surface area contributed by atoms with Gasteiger partial charge in [0.2, 0.25) is 0 Å². The molecule has 2 heterocycles. The summed E-state index contributed by atoms with van der Waals surface area (Å²) in [7, 11) is 1.90. The van der Waals surface area contributed by atoms with Crippen LogP contribution in [0.25, 0.3) is 17.0 Å². The Morgan fingerprint density at radius 1 is 1.21 bits per heavy atom. The summed E-state index contributed by atoms with van der Waals surface area (Å²) in [5, 5.41) is 3.53. The van der Waals surface area contributed by atoms with Gasteiger partial charge in [-0.3, -0.25) is 4.79 Å². The molecule has 9 heteroatoms. The van der Waals surface area contributed by atoms with Crippen LogP contribution in [0.5, 0.6) is 0 Å². The maximum absolute atomic E-state index is 13.3. The number of rotatable bonds is 2. The number of nitrogens with one attached hydrogen (secondary N) is 1. The topological polar surface area (TPSA) is 46.4 Å². The van der Waals surface area contributed by atoms with Crippen molar-refractivity contribution in [3.63, 3.8) is 0 Å². The van der Waals surface area contributed by atoms with E-state index in [0.29, 0.717) is 4.91 Å². The van der Waals surface area contributed by atoms with Crippen LogP contribution in [0, 0.1) is 0 Å². The summed E-state index contributed by atoms with van der Waals surface area (Å²) < 4.78 is 41.7. The monoisotopic (exact) mass is 435 g/mol. The molecule has 4 nitrogen and oxygen atoms in total. The molecular formula is C20H13ClF3N3OS. The minimum absolute atomic E-state index is 0.0408. The zero-order valence-corrected chi connectivity index (χ0v) is 16.5. The molecule has 0 atom stereocenters. The number of para-hydroxylation sites is 1. The van der Waals surface area contributed by atoms with Gasteiger partial charge in [0, 0.05) is 34.7 Å². The Balaban J connectivity index is 1.69. The van der Waals surface area contributed by atoms with E-state index in [1.807, 2.05) is 42.1 Å². The number of nitrogens with zero attached hydrogens (tertiary/aromatic N) is 2. The summed E-state index contributed by atoms with van der Waals surface area (Å²) in [4.78, 5) is 16.7. The second kappa shape index (κ2) is 7.27. The Morgan fingerprint density at radius 2 is 1.97 bits per heavy atom. The average molecular weight is 436 g/mol. The third-order valence-corrected chi connectivity index (χ3v) is 5.50. The number of thioether (sulfide) groups is 1. The van der Waals surface area contributed by atoms with Gasteiger partial charge in [-0.25, -0.2) is 4.99 Å². The molecule has 1 saturated heterocycles. The molecule has 148 valence electrons. The van der Waals surface area contributed by atoms with Gasteiger partial charge in [-0.1, -0.05) is 29.8 Å². The maximum atomic E-state index is 13.3. The van der Waals surface area contributed by atoms with Gasteiger partial charge in [-0.2, -0.15) is 13.2 Å². The highest BCUT2D eigenvalue weighted by molar-refractivity contribution is 8.18. The van der Waals surface area contributed by atoms with E-state index in [1.54, 1.807) is 6.08 Å². The van der Waals surface area contributed by atoms with Crippen molar-refractivity contribution in [3.05, 3.63) is 69.7 Å². The second-order valence-corrected chi connectivity index (χ2v) is 7.82. The molecule has 0 spiro atoms. The molecule has 4 rings (SSSR count). The van der Waals surface area contributed by atoms with Gasteiger partial charge in [-0.15, -0.1) is 0 Å². The maximum Gasteiger partial charge on any atom is 0.418 e. The molecule has 0 bridgehead atoms. The van der Waals surface area contributed by atoms with Gasteiger partial charge in [0.15, 0.2) is 5.17 Å². The van der Waals surface area contributed by atoms with Crippen molar-refractivity contribution in [1.82, 2.24) is 9.88 Å². The van der Waals surface area contributed by atoms with Crippen LogP contribution in [0.2, 0.25) is 5.02 Å². The molecule has 2 aromatic carbocycles. The highest BCUT2D eigenvalue weighted by Crippen LogP contribution is 2.39. The van der Waals surface area contributed by atoms with E-state index in [1.165, 1.54) is 12.1 Å². The Labute approximate surface area is 173 Å². The fourth-order valence-corrected chi connectivity index (χ4v) is 4.05. The van der Waals surface area contributed by atoms with Crippen LogP contribution in [-0.2, 0) is 18.0 Å². The number of aromatic nitrogens is 1. The first-order valence-electron chi connectivity index (χ1n) is 8.43. The number of benzene rings is 2. The van der Waals surface area contributed by atoms with E-state index < -0.39 is 17.6 Å². The molecule has 0 radical (unpaired) electrons. The molecule has 1 N–H and O–H groups in total. The third-order valence-electron chi connectivity index (χ3n) is 4.35. The lowest BCUT2D eigenvalue weighted by molar-refractivity contribution is -0.137. The molecule has 1 aliphatic rings. The Morgan fingerprint density at radius 3 is 2.72 bits per heavy atom. The van der Waals surface area contributed by atoms with Crippen LogP contribution < -0.4 is 5.32 Å². The Bertz CT molecular complexity index is 1200. The van der Waals surface area contributed by atoms with Gasteiger partial charge in [0.05, 0.1) is 16.2 Å². The normalized spacial score (nSPS) is 17.5. The number of aryl methyl sites for hydroxylation is 1. The predicted molar refractivity (Wildman–Crippen MR) is 110 cm³/mol. The van der Waals surface area contributed by atoms with Crippen molar-refractivity contribution in [2.24, 2.45) is 12.0 Å². The molecule has 3 aromatic rings. The Kier molecular flexibility index (Phi) is 4.92. The first-order chi connectivity index (χ1) is 13.7. The van der Waals surface area contributed by atoms with Gasteiger partial charge < -0.3 is 9.88 Å². The summed E-state index contributed by atoms with van der Waals surface area (Å²) in [6.45, 7) is 0. The summed E-state index contributed by atoms with van der Waals surface area (Å²) >= 11 is 6.68. The molecular weight excluding hydrogens is 423 g/mol. The van der Waals surface area contributed by atoms with Gasteiger partial charge in [-0.05, 0) is 42.1 Å². The minimum atomic E-state index is -4.61. The number of hydrogen-bond donors (Lipinski definition) is 1. The molecule has 29 heavy (non-hydrogen) atoms. The number of hydrogen-bond acceptors (Lipinski definition) is 3. The van der Waals surface area contributed by atoms with Crippen molar-refractivity contribution in [3.8, 4) is 0 Å². The second-order valence-electron chi connectivity index (χ2n) is 6.35. The molecule has 1 amide bonds. The SMILES string of the molecule is Cn1cc(/C=C2\SC(=Nc3ccc(Cl)cc3C(F)(F)F)NC2=O)c2ccccc21. The van der Waals surface area contributed by atoms with Crippen LogP contribution in [-0.4, -0.2) is 15.6 Å². The number of aliphatic imine (C=N–C) groups is 1. The number of amides is 1. The van der Waals surface area contributed by atoms with E-state index in [0.717, 1.165) is 34.3 Å². The molecule has 1 fully saturated rings. The Hall–Kier alpha value is -2.71. The molecule has 0 aliphatic carbocycles. The smallest absolute Gasteiger partial charge is 0.350 e. The predicted octanol–water partition coefficient (Wildman–Crippen LogP) is 5.74.